The van der Waals surface area contributed by atoms with Gasteiger partial charge in [-0.25, -0.2) is 0 Å². The molecule has 0 bridgehead atoms. The molecule has 0 amide bonds. The molecule has 0 radical (unpaired) electrons. The van der Waals surface area contributed by atoms with Crippen LogP contribution in [0.15, 0.2) is 24.3 Å². The highest BCUT2D eigenvalue weighted by Gasteiger charge is 2.17. The molecule has 158 valence electrons. The third kappa shape index (κ3) is 7.10. The molecular weight excluding hydrogens is 403 g/mol. The van der Waals surface area contributed by atoms with Gasteiger partial charge in [0.05, 0.1) is 16.5 Å². The number of nitro groups is 2. The number of hydrogen-bond donors (Lipinski definition) is 3. The lowest BCUT2D eigenvalue weighted by Gasteiger charge is -2.04. The molecule has 0 aliphatic heterocycles. The van der Waals surface area contributed by atoms with E-state index in [0.29, 0.717) is 17.4 Å². The van der Waals surface area contributed by atoms with Crippen molar-refractivity contribution in [2.24, 2.45) is 0 Å². The number of nitrogens with zero attached hydrogens (tertiary/aromatic N) is 2. The number of phenolic OH excluding ortho intramolecular Hbond substituents is 2. The molecule has 0 atom stereocenters. The molecule has 29 heavy (non-hydrogen) atoms. The van der Waals surface area contributed by atoms with E-state index in [1.54, 1.807) is 0 Å². The standard InChI is InChI=1S/C8H9NO4.C8H7NO4.C2H7P/c2*1-5-6(4-10)2-3-7(8(5)11)9(12)13;1-3-2/h2-3,10-11H,4H2,1H3;2-4,11H,1H3;3H,1-2H3. The monoisotopic (exact) mass is 426 g/mol. The Labute approximate surface area is 168 Å². The van der Waals surface area contributed by atoms with E-state index >= 15 is 0 Å². The fraction of sp³-hybridized carbons (Fsp3) is 0.278. The molecule has 0 saturated heterocycles. The number of hydrogen-bond acceptors (Lipinski definition) is 8. The molecule has 3 N–H and O–H groups in total. The zero-order valence-electron chi connectivity index (χ0n) is 16.4. The van der Waals surface area contributed by atoms with Gasteiger partial charge in [0.25, 0.3) is 0 Å². The second-order valence-electron chi connectivity index (χ2n) is 5.66. The average Bonchev–Trinajstić information content (AvgIpc) is 2.66. The molecule has 2 rings (SSSR count). The number of nitro benzene ring substituents is 2. The number of aromatic hydroxyl groups is 2. The van der Waals surface area contributed by atoms with Crippen molar-refractivity contribution in [2.75, 3.05) is 13.3 Å². The number of phenols is 2. The van der Waals surface area contributed by atoms with E-state index in [9.17, 15) is 35.2 Å². The molecule has 0 aliphatic carbocycles. The summed E-state index contributed by atoms with van der Waals surface area (Å²) in [7, 11) is 1.08. The van der Waals surface area contributed by atoms with Crippen LogP contribution in [0, 0.1) is 34.1 Å². The molecule has 0 aliphatic rings. The molecular formula is C18H23N2O8P. The SMILES string of the molecule is CPC.Cc1c(C=O)ccc([N+](=O)[O-])c1O.Cc1c(CO)ccc([N+](=O)[O-])c1O. The number of carbonyl (C=O) groups is 1. The zero-order chi connectivity index (χ0) is 22.7. The van der Waals surface area contributed by atoms with Crippen LogP contribution < -0.4 is 0 Å². The fourth-order valence-corrected chi connectivity index (χ4v) is 2.02. The van der Waals surface area contributed by atoms with Gasteiger partial charge in [-0.05, 0) is 44.9 Å². The van der Waals surface area contributed by atoms with Crippen LogP contribution in [-0.2, 0) is 6.61 Å². The van der Waals surface area contributed by atoms with Gasteiger partial charge >= 0.3 is 11.4 Å². The molecule has 0 spiro atoms. The number of benzene rings is 2. The molecule has 0 heterocycles. The Balaban J connectivity index is 0.000000477. The van der Waals surface area contributed by atoms with E-state index in [1.807, 2.05) is 0 Å². The minimum Gasteiger partial charge on any atom is -0.502 e. The van der Waals surface area contributed by atoms with Crippen molar-refractivity contribution in [3.8, 4) is 11.5 Å². The fourth-order valence-electron chi connectivity index (χ4n) is 2.02. The third-order valence-electron chi connectivity index (χ3n) is 3.66. The van der Waals surface area contributed by atoms with Crippen molar-refractivity contribution in [3.05, 3.63) is 66.7 Å². The van der Waals surface area contributed by atoms with Crippen LogP contribution in [0.1, 0.15) is 27.0 Å². The van der Waals surface area contributed by atoms with E-state index < -0.39 is 15.6 Å². The van der Waals surface area contributed by atoms with Gasteiger partial charge in [0.15, 0.2) is 11.5 Å². The number of aliphatic hydroxyl groups excluding tert-OH is 1. The zero-order valence-corrected chi connectivity index (χ0v) is 17.4. The van der Waals surface area contributed by atoms with Crippen LogP contribution >= 0.6 is 8.58 Å². The highest BCUT2D eigenvalue weighted by molar-refractivity contribution is 7.35. The smallest absolute Gasteiger partial charge is 0.311 e. The second-order valence-corrected chi connectivity index (χ2v) is 6.66. The van der Waals surface area contributed by atoms with E-state index in [1.165, 1.54) is 32.0 Å². The summed E-state index contributed by atoms with van der Waals surface area (Å²) in [5.41, 5.74) is 0.588. The van der Waals surface area contributed by atoms with Crippen molar-refractivity contribution in [1.29, 1.82) is 0 Å². The van der Waals surface area contributed by atoms with Gasteiger partial charge in [0, 0.05) is 28.8 Å². The highest BCUT2D eigenvalue weighted by atomic mass is 31.1. The summed E-state index contributed by atoms with van der Waals surface area (Å²) in [6.07, 6.45) is 0.540. The summed E-state index contributed by atoms with van der Waals surface area (Å²) >= 11 is 0. The maximum Gasteiger partial charge on any atom is 0.311 e. The predicted octanol–water partition coefficient (Wildman–Crippen LogP) is 3.45. The summed E-state index contributed by atoms with van der Waals surface area (Å²) in [4.78, 5) is 29.7. The lowest BCUT2D eigenvalue weighted by Crippen LogP contribution is -1.94. The minimum atomic E-state index is -0.698. The molecule has 2 aromatic rings. The van der Waals surface area contributed by atoms with Crippen LogP contribution in [0.5, 0.6) is 11.5 Å². The molecule has 0 fully saturated rings. The van der Waals surface area contributed by atoms with Crippen molar-refractivity contribution in [2.45, 2.75) is 20.5 Å². The summed E-state index contributed by atoms with van der Waals surface area (Å²) in [5, 5.41) is 48.1. The lowest BCUT2D eigenvalue weighted by molar-refractivity contribution is -0.386. The van der Waals surface area contributed by atoms with Crippen molar-refractivity contribution in [1.82, 2.24) is 0 Å². The normalized spacial score (nSPS) is 9.41. The van der Waals surface area contributed by atoms with Crippen LogP contribution in [0.4, 0.5) is 11.4 Å². The average molecular weight is 426 g/mol. The minimum absolute atomic E-state index is 0.226. The Morgan fingerprint density at radius 1 is 0.931 bits per heavy atom. The predicted molar refractivity (Wildman–Crippen MR) is 110 cm³/mol. The quantitative estimate of drug-likeness (QED) is 0.289. The van der Waals surface area contributed by atoms with Crippen LogP contribution in [0.25, 0.3) is 0 Å². The van der Waals surface area contributed by atoms with Gasteiger partial charge in [0.2, 0.25) is 0 Å². The molecule has 2 aromatic carbocycles. The number of carbonyl (C=O) groups excluding carboxylic acids is 1. The Hall–Kier alpha value is -3.10. The first-order chi connectivity index (χ1) is 13.6. The Morgan fingerprint density at radius 2 is 1.34 bits per heavy atom. The summed E-state index contributed by atoms with van der Waals surface area (Å²) < 4.78 is 0. The van der Waals surface area contributed by atoms with Crippen molar-refractivity contribution in [3.63, 3.8) is 0 Å². The number of aldehydes is 1. The maximum absolute atomic E-state index is 10.4. The van der Waals surface area contributed by atoms with Gasteiger partial charge in [-0.15, -0.1) is 8.58 Å². The molecule has 0 aromatic heterocycles. The Bertz CT molecular complexity index is 887. The first-order valence-electron chi connectivity index (χ1n) is 8.14. The van der Waals surface area contributed by atoms with Crippen molar-refractivity contribution >= 4 is 26.2 Å². The van der Waals surface area contributed by atoms with E-state index in [-0.39, 0.29) is 34.9 Å². The van der Waals surface area contributed by atoms with Gasteiger partial charge in [-0.2, -0.15) is 0 Å². The largest absolute Gasteiger partial charge is 0.502 e. The van der Waals surface area contributed by atoms with Crippen LogP contribution in [0.3, 0.4) is 0 Å². The molecule has 10 nitrogen and oxygen atoms in total. The first kappa shape index (κ1) is 25.9. The van der Waals surface area contributed by atoms with E-state index in [4.69, 9.17) is 5.11 Å². The van der Waals surface area contributed by atoms with Gasteiger partial charge < -0.3 is 15.3 Å². The third-order valence-corrected chi connectivity index (χ3v) is 3.66. The topological polar surface area (TPSA) is 164 Å². The molecule has 0 unspecified atom stereocenters. The second kappa shape index (κ2) is 12.4. The maximum atomic E-state index is 10.4. The lowest BCUT2D eigenvalue weighted by atomic mass is 10.1. The number of rotatable bonds is 4. The van der Waals surface area contributed by atoms with E-state index in [2.05, 4.69) is 13.3 Å². The van der Waals surface area contributed by atoms with Gasteiger partial charge in [-0.3, -0.25) is 25.0 Å². The summed E-state index contributed by atoms with van der Waals surface area (Å²) in [6.45, 7) is 7.04. The van der Waals surface area contributed by atoms with Gasteiger partial charge in [0.1, 0.15) is 6.29 Å². The summed E-state index contributed by atoms with van der Waals surface area (Å²) in [5.74, 6) is -0.828. The molecule has 0 saturated carbocycles. The first-order valence-corrected chi connectivity index (χ1v) is 10.1. The van der Waals surface area contributed by atoms with Crippen LogP contribution in [0.2, 0.25) is 0 Å². The van der Waals surface area contributed by atoms with Crippen LogP contribution in [-0.4, -0.2) is 44.8 Å². The summed E-state index contributed by atoms with van der Waals surface area (Å²) in [6, 6.07) is 5.01. The highest BCUT2D eigenvalue weighted by Crippen LogP contribution is 2.31. The molecule has 11 heteroatoms. The van der Waals surface area contributed by atoms with Gasteiger partial charge in [-0.1, -0.05) is 0 Å². The van der Waals surface area contributed by atoms with E-state index in [0.717, 1.165) is 14.6 Å². The Kier molecular flexibility index (Phi) is 11.1. The number of aliphatic hydroxyl groups is 1. The van der Waals surface area contributed by atoms with Crippen molar-refractivity contribution < 1.29 is 30.0 Å². The Morgan fingerprint density at radius 3 is 1.72 bits per heavy atom.